The van der Waals surface area contributed by atoms with Gasteiger partial charge in [-0.15, -0.1) is 0 Å². The second-order valence-corrected chi connectivity index (χ2v) is 4.88. The van der Waals surface area contributed by atoms with Crippen LogP contribution in [0.25, 0.3) is 10.4 Å². The summed E-state index contributed by atoms with van der Waals surface area (Å²) in [7, 11) is 0. The first kappa shape index (κ1) is 17.8. The Bertz CT molecular complexity index is 262. The van der Waals surface area contributed by atoms with Gasteiger partial charge >= 0.3 is 0 Å². The maximum atomic E-state index is 11.3. The van der Waals surface area contributed by atoms with Gasteiger partial charge in [-0.05, 0) is 24.8 Å². The number of nitrogens with zero attached hydrogens (tertiary/aromatic N) is 3. The third-order valence-corrected chi connectivity index (χ3v) is 3.05. The minimum atomic E-state index is 0.194. The van der Waals surface area contributed by atoms with Crippen LogP contribution in [-0.2, 0) is 4.79 Å². The van der Waals surface area contributed by atoms with Crippen molar-refractivity contribution in [3.63, 3.8) is 0 Å². The van der Waals surface area contributed by atoms with E-state index in [2.05, 4.69) is 22.3 Å². The molecule has 0 fully saturated rings. The van der Waals surface area contributed by atoms with E-state index in [9.17, 15) is 4.79 Å². The Kier molecular flexibility index (Phi) is 13.9. The van der Waals surface area contributed by atoms with Crippen LogP contribution in [0.5, 0.6) is 0 Å². The van der Waals surface area contributed by atoms with E-state index in [0.29, 0.717) is 13.0 Å². The zero-order chi connectivity index (χ0) is 14.2. The van der Waals surface area contributed by atoms with E-state index in [1.165, 1.54) is 25.7 Å². The number of hydrogen-bond donors (Lipinski definition) is 1. The number of nitrogens with one attached hydrogen (secondary N) is 1. The molecule has 0 aliphatic rings. The van der Waals surface area contributed by atoms with E-state index in [-0.39, 0.29) is 5.91 Å². The van der Waals surface area contributed by atoms with Gasteiger partial charge in [-0.25, -0.2) is 0 Å². The fraction of sp³-hybridized carbons (Fsp3) is 0.929. The molecule has 0 unspecified atom stereocenters. The quantitative estimate of drug-likeness (QED) is 0.229. The standard InChI is InChI=1S/C14H28N4O/c1-2-12-16-14(19)11-9-7-5-3-4-6-8-10-13-17-18-15/h2-13H2,1H3,(H,16,19). The van der Waals surface area contributed by atoms with Gasteiger partial charge < -0.3 is 5.32 Å². The van der Waals surface area contributed by atoms with Crippen molar-refractivity contribution in [3.8, 4) is 0 Å². The van der Waals surface area contributed by atoms with Crippen LogP contribution in [0.1, 0.15) is 71.1 Å². The highest BCUT2D eigenvalue weighted by Crippen LogP contribution is 2.09. The molecule has 0 aliphatic carbocycles. The molecule has 19 heavy (non-hydrogen) atoms. The third kappa shape index (κ3) is 14.7. The fourth-order valence-electron chi connectivity index (χ4n) is 1.93. The number of carbonyl (C=O) groups is 1. The lowest BCUT2D eigenvalue weighted by Crippen LogP contribution is -2.23. The van der Waals surface area contributed by atoms with E-state index < -0.39 is 0 Å². The fourth-order valence-corrected chi connectivity index (χ4v) is 1.93. The lowest BCUT2D eigenvalue weighted by atomic mass is 10.1. The van der Waals surface area contributed by atoms with Gasteiger partial charge in [-0.3, -0.25) is 4.79 Å². The highest BCUT2D eigenvalue weighted by atomic mass is 16.1. The minimum absolute atomic E-state index is 0.194. The predicted octanol–water partition coefficient (Wildman–Crippen LogP) is 4.33. The second kappa shape index (κ2) is 14.8. The van der Waals surface area contributed by atoms with Crippen molar-refractivity contribution < 1.29 is 4.79 Å². The first-order chi connectivity index (χ1) is 9.31. The Morgan fingerprint density at radius 1 is 1.05 bits per heavy atom. The minimum Gasteiger partial charge on any atom is -0.356 e. The molecular formula is C14H28N4O. The smallest absolute Gasteiger partial charge is 0.219 e. The number of hydrogen-bond acceptors (Lipinski definition) is 2. The lowest BCUT2D eigenvalue weighted by molar-refractivity contribution is -0.121. The largest absolute Gasteiger partial charge is 0.356 e. The molecular weight excluding hydrogens is 240 g/mol. The van der Waals surface area contributed by atoms with Gasteiger partial charge in [-0.2, -0.15) is 0 Å². The van der Waals surface area contributed by atoms with Crippen molar-refractivity contribution in [2.24, 2.45) is 5.11 Å². The molecule has 0 radical (unpaired) electrons. The summed E-state index contributed by atoms with van der Waals surface area (Å²) in [5.41, 5.74) is 8.11. The van der Waals surface area contributed by atoms with E-state index in [1.807, 2.05) is 0 Å². The molecule has 5 heteroatoms. The van der Waals surface area contributed by atoms with Gasteiger partial charge in [-0.1, -0.05) is 50.6 Å². The molecule has 1 amide bonds. The number of rotatable bonds is 13. The van der Waals surface area contributed by atoms with Crippen molar-refractivity contribution >= 4 is 5.91 Å². The highest BCUT2D eigenvalue weighted by molar-refractivity contribution is 5.75. The predicted molar refractivity (Wildman–Crippen MR) is 78.9 cm³/mol. The number of amides is 1. The summed E-state index contributed by atoms with van der Waals surface area (Å²) in [5, 5.41) is 6.41. The van der Waals surface area contributed by atoms with Crippen molar-refractivity contribution in [2.45, 2.75) is 71.1 Å². The zero-order valence-corrected chi connectivity index (χ0v) is 12.2. The maximum Gasteiger partial charge on any atom is 0.219 e. The van der Waals surface area contributed by atoms with Crippen LogP contribution in [0.2, 0.25) is 0 Å². The van der Waals surface area contributed by atoms with Gasteiger partial charge in [0.2, 0.25) is 5.91 Å². The van der Waals surface area contributed by atoms with Gasteiger partial charge in [0.05, 0.1) is 0 Å². The monoisotopic (exact) mass is 268 g/mol. The van der Waals surface area contributed by atoms with Crippen LogP contribution in [0, 0.1) is 0 Å². The van der Waals surface area contributed by atoms with Crippen LogP contribution in [0.3, 0.4) is 0 Å². The average molecular weight is 268 g/mol. The van der Waals surface area contributed by atoms with Crippen molar-refractivity contribution in [3.05, 3.63) is 10.4 Å². The number of unbranched alkanes of at least 4 members (excludes halogenated alkanes) is 7. The first-order valence-corrected chi connectivity index (χ1v) is 7.58. The zero-order valence-electron chi connectivity index (χ0n) is 12.2. The molecule has 110 valence electrons. The molecule has 0 saturated heterocycles. The maximum absolute atomic E-state index is 11.3. The Morgan fingerprint density at radius 3 is 2.21 bits per heavy atom. The second-order valence-electron chi connectivity index (χ2n) is 4.88. The summed E-state index contributed by atoms with van der Waals surface area (Å²) in [6.07, 6.45) is 10.9. The molecule has 0 spiro atoms. The Morgan fingerprint density at radius 2 is 1.63 bits per heavy atom. The summed E-state index contributed by atoms with van der Waals surface area (Å²) in [4.78, 5) is 14.0. The molecule has 0 aromatic rings. The number of carbonyl (C=O) groups excluding carboxylic acids is 1. The lowest BCUT2D eigenvalue weighted by Gasteiger charge is -2.03. The van der Waals surface area contributed by atoms with E-state index >= 15 is 0 Å². The normalized spacial score (nSPS) is 9.95. The molecule has 0 atom stereocenters. The van der Waals surface area contributed by atoms with E-state index in [4.69, 9.17) is 5.53 Å². The summed E-state index contributed by atoms with van der Waals surface area (Å²) in [5.74, 6) is 0.194. The highest BCUT2D eigenvalue weighted by Gasteiger charge is 1.99. The molecule has 5 nitrogen and oxygen atoms in total. The third-order valence-electron chi connectivity index (χ3n) is 3.05. The van der Waals surface area contributed by atoms with Crippen LogP contribution < -0.4 is 5.32 Å². The molecule has 0 rings (SSSR count). The molecule has 0 heterocycles. The van der Waals surface area contributed by atoms with Crippen LogP contribution in [0.15, 0.2) is 5.11 Å². The molecule has 0 aromatic carbocycles. The summed E-state index contributed by atoms with van der Waals surface area (Å²) in [6.45, 7) is 3.49. The molecule has 0 aliphatic heterocycles. The van der Waals surface area contributed by atoms with E-state index in [1.54, 1.807) is 0 Å². The molecule has 1 N–H and O–H groups in total. The van der Waals surface area contributed by atoms with E-state index in [0.717, 1.165) is 38.6 Å². The molecule has 0 saturated carbocycles. The van der Waals surface area contributed by atoms with Crippen LogP contribution in [0.4, 0.5) is 0 Å². The SMILES string of the molecule is CCCNC(=O)CCCCCCCCCCN=[N+]=[N-]. The van der Waals surface area contributed by atoms with Crippen LogP contribution in [-0.4, -0.2) is 19.0 Å². The van der Waals surface area contributed by atoms with Gasteiger partial charge in [0.25, 0.3) is 0 Å². The van der Waals surface area contributed by atoms with Gasteiger partial charge in [0.1, 0.15) is 0 Å². The topological polar surface area (TPSA) is 77.9 Å². The summed E-state index contributed by atoms with van der Waals surface area (Å²) in [6, 6.07) is 0. The molecule has 0 aromatic heterocycles. The first-order valence-electron chi connectivity index (χ1n) is 7.58. The van der Waals surface area contributed by atoms with Gasteiger partial charge in [0.15, 0.2) is 0 Å². The Hall–Kier alpha value is -1.22. The Labute approximate surface area is 116 Å². The number of azide groups is 1. The molecule has 0 bridgehead atoms. The average Bonchev–Trinajstić information content (AvgIpc) is 2.42. The summed E-state index contributed by atoms with van der Waals surface area (Å²) < 4.78 is 0. The van der Waals surface area contributed by atoms with Gasteiger partial charge in [0, 0.05) is 24.4 Å². The summed E-state index contributed by atoms with van der Waals surface area (Å²) >= 11 is 0. The van der Waals surface area contributed by atoms with Crippen LogP contribution >= 0.6 is 0 Å². The van der Waals surface area contributed by atoms with Crippen molar-refractivity contribution in [2.75, 3.05) is 13.1 Å². The Balaban J connectivity index is 3.10. The van der Waals surface area contributed by atoms with Crippen molar-refractivity contribution in [1.29, 1.82) is 0 Å². The van der Waals surface area contributed by atoms with Crippen molar-refractivity contribution in [1.82, 2.24) is 5.32 Å².